The van der Waals surface area contributed by atoms with E-state index < -0.39 is 41.7 Å². The van der Waals surface area contributed by atoms with Gasteiger partial charge in [0.1, 0.15) is 0 Å². The molecule has 1 aromatic rings. The predicted molar refractivity (Wildman–Crippen MR) is 141 cm³/mol. The molecular weight excluding hydrogens is 673 g/mol. The fourth-order valence-electron chi connectivity index (χ4n) is 3.74. The number of fused-ring (bicyclic) bond motifs is 1. The van der Waals surface area contributed by atoms with Crippen LogP contribution in [0.15, 0.2) is 35.7 Å². The van der Waals surface area contributed by atoms with E-state index in [1.807, 2.05) is 0 Å². The molecule has 0 bridgehead atoms. The second kappa shape index (κ2) is 24.2. The van der Waals surface area contributed by atoms with E-state index in [9.17, 15) is 9.59 Å². The number of halogens is 4. The molecule has 0 spiro atoms. The molecule has 188 valence electrons. The molecule has 0 amide bonds. The van der Waals surface area contributed by atoms with Crippen molar-refractivity contribution in [1.82, 2.24) is 0 Å². The van der Waals surface area contributed by atoms with Crippen LogP contribution in [0.5, 0.6) is 0 Å². The summed E-state index contributed by atoms with van der Waals surface area (Å²) < 4.78 is 0. The van der Waals surface area contributed by atoms with Crippen molar-refractivity contribution in [2.75, 3.05) is 13.1 Å². The Hall–Kier alpha value is 0.826. The Kier molecular flexibility index (Phi) is 26.3. The minimum atomic E-state index is -0.826. The first-order valence-electron chi connectivity index (χ1n) is 10.8. The number of Topliss-reactive ketones (excluding diaryl/α,β-unsaturated/α-hetero) is 2. The second-order valence-electron chi connectivity index (χ2n) is 7.34. The monoisotopic (exact) mass is 702 g/mol. The zero-order valence-electron chi connectivity index (χ0n) is 20.0. The van der Waals surface area contributed by atoms with E-state index in [1.54, 1.807) is 24.3 Å². The van der Waals surface area contributed by atoms with Gasteiger partial charge in [0.15, 0.2) is 11.6 Å². The molecule has 1 saturated heterocycles. The van der Waals surface area contributed by atoms with Crippen LogP contribution in [0.3, 0.4) is 0 Å². The molecule has 0 atom stereocenters. The van der Waals surface area contributed by atoms with Gasteiger partial charge in [0.25, 0.3) is 0 Å². The van der Waals surface area contributed by atoms with Crippen molar-refractivity contribution < 1.29 is 51.3 Å². The third kappa shape index (κ3) is 13.9. The van der Waals surface area contributed by atoms with E-state index in [1.165, 1.54) is 64.2 Å². The Bertz CT molecular complexity index is 656. The molecular formula is C24H34Cl4N2O2Zr2. The second-order valence-corrected chi connectivity index (χ2v) is 14.8. The maximum absolute atomic E-state index is 12.0. The van der Waals surface area contributed by atoms with E-state index in [-0.39, 0.29) is 32.0 Å². The molecule has 1 heterocycles. The maximum atomic E-state index is 12.0. The van der Waals surface area contributed by atoms with E-state index in [0.717, 1.165) is 0 Å². The average molecular weight is 707 g/mol. The number of rotatable bonds is 0. The number of hydrogen-bond donors (Lipinski definition) is 0. The summed E-state index contributed by atoms with van der Waals surface area (Å²) in [6.07, 6.45) is 15.0. The summed E-state index contributed by atoms with van der Waals surface area (Å²) >= 11 is -1.65. The van der Waals surface area contributed by atoms with E-state index in [0.29, 0.717) is 30.0 Å². The van der Waals surface area contributed by atoms with Crippen molar-refractivity contribution in [3.05, 3.63) is 72.3 Å². The van der Waals surface area contributed by atoms with Crippen LogP contribution in [0.1, 0.15) is 84.9 Å². The molecule has 0 unspecified atom stereocenters. The van der Waals surface area contributed by atoms with Gasteiger partial charge in [-0.3, -0.25) is 9.59 Å². The fourth-order valence-corrected chi connectivity index (χ4v) is 3.74. The van der Waals surface area contributed by atoms with Crippen LogP contribution in [0.4, 0.5) is 0 Å². The molecule has 10 heteroatoms. The van der Waals surface area contributed by atoms with Crippen LogP contribution >= 0.6 is 34.1 Å². The number of benzene rings is 1. The molecule has 1 aliphatic heterocycles. The Labute approximate surface area is 244 Å². The summed E-state index contributed by atoms with van der Waals surface area (Å²) in [4.78, 5) is 24.0. The van der Waals surface area contributed by atoms with Crippen molar-refractivity contribution in [2.45, 2.75) is 64.2 Å². The van der Waals surface area contributed by atoms with Crippen molar-refractivity contribution in [3.8, 4) is 0 Å². The molecule has 0 aromatic heterocycles. The van der Waals surface area contributed by atoms with Gasteiger partial charge in [-0.05, 0) is 0 Å². The fraction of sp³-hybridized carbons (Fsp3) is 0.500. The number of carbonyl (C=O) groups excluding carboxylic acids is 2. The van der Waals surface area contributed by atoms with Gasteiger partial charge >= 0.3 is 75.7 Å². The standard InChI is InChI=1S/C12H9N2O2.2C5H10.2CH3.4ClH.2Zr/c15-10-7-3-1-2-4-8(7)11(16)9(10)12-13-5-6-14-12;2*1-2-4-5-3-1;;;;;;;;/h1-4H,5-6H2,(H-,13,14,15,16);2*1-5H2;2*1H3;4*1H;;/q-1;;;2*-1;;;;;2*+4/p-5. The van der Waals surface area contributed by atoms with Gasteiger partial charge in [-0.25, -0.2) is 5.82 Å². The van der Waals surface area contributed by atoms with Crippen molar-refractivity contribution >= 4 is 45.6 Å². The normalized spacial score (nSPS) is 16.4. The Morgan fingerprint density at radius 2 is 0.853 bits per heavy atom. The third-order valence-corrected chi connectivity index (χ3v) is 5.22. The Morgan fingerprint density at radius 1 is 0.588 bits per heavy atom. The molecule has 1 aromatic carbocycles. The van der Waals surface area contributed by atoms with Crippen LogP contribution in [0.2, 0.25) is 0 Å². The van der Waals surface area contributed by atoms with Crippen LogP contribution < -0.4 is 0 Å². The van der Waals surface area contributed by atoms with Crippen LogP contribution in [0, 0.1) is 14.9 Å². The van der Waals surface area contributed by atoms with Gasteiger partial charge in [-0.15, -0.1) is 13.1 Å². The van der Waals surface area contributed by atoms with Crippen LogP contribution in [-0.4, -0.2) is 24.7 Å². The molecule has 5 rings (SSSR count). The summed E-state index contributed by atoms with van der Waals surface area (Å²) in [5, 5.41) is 8.15. The summed E-state index contributed by atoms with van der Waals surface area (Å²) in [6, 6.07) is 6.83. The molecule has 2 saturated carbocycles. The van der Waals surface area contributed by atoms with Gasteiger partial charge in [0.05, 0.1) is 0 Å². The Morgan fingerprint density at radius 3 is 1.12 bits per heavy atom. The SMILES string of the molecule is C1CCCC1.C1CCCC1.O=C1C(=C2[N-]CC[N-]2)C(=O)c2ccccc21.[CH3-].[CH3-].[Cl][Zr+2][Cl].[Cl][Zr+2][Cl]. The molecule has 0 N–H and O–H groups in total. The number of ketones is 2. The van der Waals surface area contributed by atoms with Crippen molar-refractivity contribution in [2.24, 2.45) is 0 Å². The first-order valence-corrected chi connectivity index (χ1v) is 23.5. The molecule has 4 nitrogen and oxygen atoms in total. The van der Waals surface area contributed by atoms with Gasteiger partial charge < -0.3 is 25.5 Å². The zero-order chi connectivity index (χ0) is 23.6. The van der Waals surface area contributed by atoms with Gasteiger partial charge in [0, 0.05) is 16.7 Å². The van der Waals surface area contributed by atoms with E-state index >= 15 is 0 Å². The minimum absolute atomic E-state index is 0. The molecule has 3 fully saturated rings. The first-order chi connectivity index (χ1) is 15.6. The predicted octanol–water partition coefficient (Wildman–Crippen LogP) is 9.59. The summed E-state index contributed by atoms with van der Waals surface area (Å²) in [5.74, 6) is -0.166. The average Bonchev–Trinajstić information content (AvgIpc) is 3.61. The van der Waals surface area contributed by atoms with E-state index in [4.69, 9.17) is 34.1 Å². The van der Waals surface area contributed by atoms with Crippen molar-refractivity contribution in [3.63, 3.8) is 0 Å². The van der Waals surface area contributed by atoms with Crippen LogP contribution in [0.25, 0.3) is 10.6 Å². The molecule has 0 radical (unpaired) electrons. The zero-order valence-corrected chi connectivity index (χ0v) is 28.0. The van der Waals surface area contributed by atoms with E-state index in [2.05, 4.69) is 10.6 Å². The summed E-state index contributed by atoms with van der Waals surface area (Å²) in [7, 11) is 19.7. The van der Waals surface area contributed by atoms with Crippen LogP contribution in [-0.2, 0) is 41.7 Å². The molecule has 3 aliphatic carbocycles. The third-order valence-electron chi connectivity index (χ3n) is 5.22. The molecule has 4 aliphatic rings. The molecule has 34 heavy (non-hydrogen) atoms. The number of allylic oxidation sites excluding steroid dienone is 1. The van der Waals surface area contributed by atoms with Gasteiger partial charge in [-0.1, -0.05) is 88.5 Å². The number of hydrogen-bond acceptors (Lipinski definition) is 2. The Balaban J connectivity index is 0. The van der Waals surface area contributed by atoms with Gasteiger partial charge in [0.2, 0.25) is 0 Å². The number of carbonyl (C=O) groups is 2. The summed E-state index contributed by atoms with van der Waals surface area (Å²) in [5.41, 5.74) is 1.07. The summed E-state index contributed by atoms with van der Waals surface area (Å²) in [6.45, 7) is 1.13. The quantitative estimate of drug-likeness (QED) is 0.153. The van der Waals surface area contributed by atoms with Gasteiger partial charge in [-0.2, -0.15) is 0 Å². The van der Waals surface area contributed by atoms with Crippen molar-refractivity contribution in [1.29, 1.82) is 0 Å². The number of nitrogens with zero attached hydrogens (tertiary/aromatic N) is 2. The first kappa shape index (κ1) is 37.0. The topological polar surface area (TPSA) is 62.3 Å².